The number of rotatable bonds is 3. The van der Waals surface area contributed by atoms with Crippen LogP contribution in [0.3, 0.4) is 0 Å². The Morgan fingerprint density at radius 2 is 2.25 bits per heavy atom. The van der Waals surface area contributed by atoms with Gasteiger partial charge in [0.1, 0.15) is 5.76 Å². The second kappa shape index (κ2) is 4.80. The van der Waals surface area contributed by atoms with Gasteiger partial charge in [-0.25, -0.2) is 0 Å². The first-order valence-corrected chi connectivity index (χ1v) is 7.14. The van der Waals surface area contributed by atoms with Gasteiger partial charge >= 0.3 is 0 Å². The molecular weight excluding hydrogens is 250 g/mol. The average molecular weight is 267 g/mol. The predicted octanol–water partition coefficient (Wildman–Crippen LogP) is 3.32. The van der Waals surface area contributed by atoms with Crippen LogP contribution in [-0.2, 0) is 13.0 Å². The van der Waals surface area contributed by atoms with E-state index in [4.69, 9.17) is 4.52 Å². The molecule has 0 saturated carbocycles. The summed E-state index contributed by atoms with van der Waals surface area (Å²) in [4.78, 5) is 3.59. The van der Waals surface area contributed by atoms with E-state index < -0.39 is 0 Å². The number of nitrogens with one attached hydrogen (secondary N) is 2. The summed E-state index contributed by atoms with van der Waals surface area (Å²) in [6.45, 7) is 0.722. The van der Waals surface area contributed by atoms with Crippen molar-refractivity contribution in [2.45, 2.75) is 31.8 Å². The lowest BCUT2D eigenvalue weighted by Gasteiger charge is -2.23. The van der Waals surface area contributed by atoms with Crippen LogP contribution in [0, 0.1) is 0 Å². The Bertz CT molecular complexity index is 714. The van der Waals surface area contributed by atoms with Crippen LogP contribution in [0.1, 0.15) is 35.9 Å². The molecule has 1 aliphatic carbocycles. The van der Waals surface area contributed by atoms with Crippen LogP contribution in [0.5, 0.6) is 0 Å². The molecule has 0 bridgehead atoms. The monoisotopic (exact) mass is 267 g/mol. The number of nitrogens with zero attached hydrogens (tertiary/aromatic N) is 1. The van der Waals surface area contributed by atoms with Crippen molar-refractivity contribution in [2.75, 3.05) is 0 Å². The van der Waals surface area contributed by atoms with E-state index >= 15 is 0 Å². The Morgan fingerprint density at radius 1 is 1.30 bits per heavy atom. The van der Waals surface area contributed by atoms with Gasteiger partial charge in [-0.1, -0.05) is 23.4 Å². The number of para-hydroxylation sites is 1. The van der Waals surface area contributed by atoms with Crippen molar-refractivity contribution >= 4 is 10.9 Å². The molecule has 0 amide bonds. The average Bonchev–Trinajstić information content (AvgIpc) is 3.12. The highest BCUT2D eigenvalue weighted by atomic mass is 16.5. The Hall–Kier alpha value is -2.07. The van der Waals surface area contributed by atoms with Gasteiger partial charge in [0.25, 0.3) is 0 Å². The first kappa shape index (κ1) is 11.7. The lowest BCUT2D eigenvalue weighted by molar-refractivity contribution is 0.354. The largest absolute Gasteiger partial charge is 0.360 e. The zero-order chi connectivity index (χ0) is 13.4. The third-order valence-corrected chi connectivity index (χ3v) is 4.13. The number of hydrogen-bond donors (Lipinski definition) is 2. The van der Waals surface area contributed by atoms with Crippen molar-refractivity contribution in [1.82, 2.24) is 15.5 Å². The molecular formula is C16H17N3O. The minimum absolute atomic E-state index is 0.372. The fourth-order valence-electron chi connectivity index (χ4n) is 3.18. The maximum absolute atomic E-state index is 5.15. The minimum Gasteiger partial charge on any atom is -0.360 e. The highest BCUT2D eigenvalue weighted by Gasteiger charge is 2.23. The highest BCUT2D eigenvalue weighted by molar-refractivity contribution is 5.85. The molecule has 2 aromatic heterocycles. The summed E-state index contributed by atoms with van der Waals surface area (Å²) in [5.74, 6) is 0.883. The third kappa shape index (κ3) is 1.93. The van der Waals surface area contributed by atoms with Gasteiger partial charge in [0.2, 0.25) is 0 Å². The van der Waals surface area contributed by atoms with Gasteiger partial charge in [-0.3, -0.25) is 0 Å². The Kier molecular flexibility index (Phi) is 2.81. The summed E-state index contributed by atoms with van der Waals surface area (Å²) in [5.41, 5.74) is 4.06. The molecule has 4 rings (SSSR count). The van der Waals surface area contributed by atoms with Crippen molar-refractivity contribution in [3.63, 3.8) is 0 Å². The lowest BCUT2D eigenvalue weighted by Crippen LogP contribution is -2.24. The molecule has 0 aliphatic heterocycles. The zero-order valence-corrected chi connectivity index (χ0v) is 11.2. The van der Waals surface area contributed by atoms with E-state index in [1.54, 1.807) is 6.20 Å². The van der Waals surface area contributed by atoms with E-state index in [1.165, 1.54) is 35.0 Å². The summed E-state index contributed by atoms with van der Waals surface area (Å²) in [7, 11) is 0. The van der Waals surface area contributed by atoms with Crippen LogP contribution < -0.4 is 5.32 Å². The number of aromatic amines is 1. The number of benzene rings is 1. The molecule has 0 spiro atoms. The van der Waals surface area contributed by atoms with Crippen LogP contribution in [-0.4, -0.2) is 10.1 Å². The molecule has 0 fully saturated rings. The second-order valence-corrected chi connectivity index (χ2v) is 5.37. The molecule has 20 heavy (non-hydrogen) atoms. The van der Waals surface area contributed by atoms with Crippen molar-refractivity contribution < 1.29 is 4.52 Å². The molecule has 4 heteroatoms. The van der Waals surface area contributed by atoms with Crippen LogP contribution in [0.25, 0.3) is 10.9 Å². The fourth-order valence-corrected chi connectivity index (χ4v) is 3.18. The molecule has 0 radical (unpaired) electrons. The van der Waals surface area contributed by atoms with Gasteiger partial charge in [0.15, 0.2) is 0 Å². The molecule has 2 N–H and O–H groups in total. The molecule has 3 aromatic rings. The van der Waals surface area contributed by atoms with Gasteiger partial charge < -0.3 is 14.8 Å². The quantitative estimate of drug-likeness (QED) is 0.765. The van der Waals surface area contributed by atoms with Gasteiger partial charge in [0, 0.05) is 28.7 Å². The van der Waals surface area contributed by atoms with Gasteiger partial charge in [-0.15, -0.1) is 0 Å². The van der Waals surface area contributed by atoms with E-state index in [2.05, 4.69) is 39.7 Å². The molecule has 1 unspecified atom stereocenters. The highest BCUT2D eigenvalue weighted by Crippen LogP contribution is 2.34. The summed E-state index contributed by atoms with van der Waals surface area (Å²) in [6, 6.07) is 10.8. The molecule has 4 nitrogen and oxygen atoms in total. The molecule has 1 aromatic carbocycles. The topological polar surface area (TPSA) is 53.9 Å². The summed E-state index contributed by atoms with van der Waals surface area (Å²) in [5, 5.41) is 8.69. The van der Waals surface area contributed by atoms with E-state index in [-0.39, 0.29) is 0 Å². The van der Waals surface area contributed by atoms with E-state index in [0.29, 0.717) is 6.04 Å². The maximum Gasteiger partial charge on any atom is 0.150 e. The Balaban J connectivity index is 1.64. The van der Waals surface area contributed by atoms with E-state index in [1.807, 2.05) is 6.07 Å². The van der Waals surface area contributed by atoms with Crippen molar-refractivity contribution in [3.05, 3.63) is 53.5 Å². The van der Waals surface area contributed by atoms with Crippen LogP contribution in [0.4, 0.5) is 0 Å². The smallest absolute Gasteiger partial charge is 0.150 e. The SMILES string of the molecule is c1ccc2c3c([nH]c2c1)C(NCc1ccno1)CCC3. The molecule has 0 saturated heterocycles. The standard InChI is InChI=1S/C16H17N3O/c1-2-6-14-12(4-1)13-5-3-7-15(16(13)19-14)17-10-11-8-9-18-20-11/h1-2,4,6,8-9,15,17,19H,3,5,7,10H2. The maximum atomic E-state index is 5.15. The molecule has 102 valence electrons. The van der Waals surface area contributed by atoms with Crippen LogP contribution in [0.2, 0.25) is 0 Å². The first-order valence-electron chi connectivity index (χ1n) is 7.14. The number of fused-ring (bicyclic) bond motifs is 3. The summed E-state index contributed by atoms with van der Waals surface area (Å²) < 4.78 is 5.15. The van der Waals surface area contributed by atoms with Crippen molar-refractivity contribution in [2.24, 2.45) is 0 Å². The Labute approximate surface area is 117 Å². The van der Waals surface area contributed by atoms with Crippen molar-refractivity contribution in [3.8, 4) is 0 Å². The Morgan fingerprint density at radius 3 is 3.15 bits per heavy atom. The molecule has 2 heterocycles. The minimum atomic E-state index is 0.372. The number of aromatic nitrogens is 2. The van der Waals surface area contributed by atoms with Gasteiger partial charge in [0.05, 0.1) is 12.7 Å². The zero-order valence-electron chi connectivity index (χ0n) is 11.2. The number of aryl methyl sites for hydroxylation is 1. The van der Waals surface area contributed by atoms with E-state index in [0.717, 1.165) is 18.7 Å². The van der Waals surface area contributed by atoms with Crippen LogP contribution in [0.15, 0.2) is 41.1 Å². The molecule has 1 aliphatic rings. The fraction of sp³-hybridized carbons (Fsp3) is 0.312. The van der Waals surface area contributed by atoms with Gasteiger partial charge in [-0.2, -0.15) is 0 Å². The predicted molar refractivity (Wildman–Crippen MR) is 77.3 cm³/mol. The van der Waals surface area contributed by atoms with E-state index in [9.17, 15) is 0 Å². The van der Waals surface area contributed by atoms with Gasteiger partial charge in [-0.05, 0) is 30.9 Å². The van der Waals surface area contributed by atoms with Crippen molar-refractivity contribution in [1.29, 1.82) is 0 Å². The third-order valence-electron chi connectivity index (χ3n) is 4.13. The summed E-state index contributed by atoms with van der Waals surface area (Å²) >= 11 is 0. The number of H-pyrrole nitrogens is 1. The number of hydrogen-bond acceptors (Lipinski definition) is 3. The second-order valence-electron chi connectivity index (χ2n) is 5.37. The molecule has 1 atom stereocenters. The lowest BCUT2D eigenvalue weighted by atomic mass is 9.91. The van der Waals surface area contributed by atoms with Crippen LogP contribution >= 0.6 is 0 Å². The normalized spacial score (nSPS) is 18.3. The summed E-state index contributed by atoms with van der Waals surface area (Å²) in [6.07, 6.45) is 5.24. The first-order chi connectivity index (χ1) is 9.92.